The molecule has 0 bridgehead atoms. The lowest BCUT2D eigenvalue weighted by Gasteiger charge is -2.18. The van der Waals surface area contributed by atoms with Crippen molar-refractivity contribution in [3.05, 3.63) is 53.6 Å². The highest BCUT2D eigenvalue weighted by Gasteiger charge is 2.29. The molecule has 1 fully saturated rings. The van der Waals surface area contributed by atoms with Crippen molar-refractivity contribution < 1.29 is 32.5 Å². The number of halogens is 2. The Bertz CT molecular complexity index is 894. The van der Waals surface area contributed by atoms with Crippen molar-refractivity contribution in [3.63, 3.8) is 0 Å². The minimum absolute atomic E-state index is 0.0529. The molecule has 168 valence electrons. The van der Waals surface area contributed by atoms with Crippen LogP contribution in [-0.4, -0.2) is 38.0 Å². The molecule has 2 N–H and O–H groups in total. The summed E-state index contributed by atoms with van der Waals surface area (Å²) in [7, 11) is 0. The molecule has 2 atom stereocenters. The lowest BCUT2D eigenvalue weighted by Crippen LogP contribution is -2.43. The first-order chi connectivity index (χ1) is 14.9. The molecule has 1 heterocycles. The van der Waals surface area contributed by atoms with Crippen LogP contribution in [0.4, 0.5) is 8.78 Å². The van der Waals surface area contributed by atoms with Gasteiger partial charge in [-0.1, -0.05) is 18.2 Å². The van der Waals surface area contributed by atoms with E-state index in [1.54, 1.807) is 50.2 Å². The maximum Gasteiger partial charge on any atom is 0.387 e. The Morgan fingerprint density at radius 3 is 2.65 bits per heavy atom. The van der Waals surface area contributed by atoms with Crippen LogP contribution in [0.1, 0.15) is 42.9 Å². The summed E-state index contributed by atoms with van der Waals surface area (Å²) in [6.45, 7) is 3.14. The Morgan fingerprint density at radius 1 is 1.16 bits per heavy atom. The number of amides is 1. The maximum atomic E-state index is 12.7. The molecule has 7 nitrogen and oxygen atoms in total. The number of benzene rings is 2. The van der Waals surface area contributed by atoms with Gasteiger partial charge in [-0.15, -0.1) is 0 Å². The zero-order valence-electron chi connectivity index (χ0n) is 17.6. The first-order valence-electron chi connectivity index (χ1n) is 10.0. The standard InChI is InChI=1S/C22H26F2N2O5/c1-4-28-16-8-6-5-7-15(16)20(27)25-19-12-29-21(26-19)14-9-10-17(31-22(23)24)18(11-14)30-13(2)3/h5-11,13,19,21-22,26H,4,12H2,1-3H3,(H,25,27). The van der Waals surface area contributed by atoms with Crippen LogP contribution in [0.25, 0.3) is 0 Å². The van der Waals surface area contributed by atoms with E-state index in [1.807, 2.05) is 6.92 Å². The topological polar surface area (TPSA) is 78.1 Å². The van der Waals surface area contributed by atoms with Gasteiger partial charge >= 0.3 is 6.61 Å². The Balaban J connectivity index is 1.68. The molecule has 31 heavy (non-hydrogen) atoms. The molecule has 0 spiro atoms. The minimum Gasteiger partial charge on any atom is -0.493 e. The summed E-state index contributed by atoms with van der Waals surface area (Å²) in [6.07, 6.45) is -1.23. The summed E-state index contributed by atoms with van der Waals surface area (Å²) in [5.74, 6) is 0.345. The fourth-order valence-electron chi connectivity index (χ4n) is 3.15. The van der Waals surface area contributed by atoms with Gasteiger partial charge in [-0.3, -0.25) is 10.1 Å². The lowest BCUT2D eigenvalue weighted by molar-refractivity contribution is -0.0519. The Hall–Kier alpha value is -2.91. The van der Waals surface area contributed by atoms with Crippen LogP contribution in [0.3, 0.4) is 0 Å². The molecule has 0 radical (unpaired) electrons. The molecule has 9 heteroatoms. The van der Waals surface area contributed by atoms with E-state index < -0.39 is 19.0 Å². The zero-order chi connectivity index (χ0) is 22.4. The fourth-order valence-corrected chi connectivity index (χ4v) is 3.15. The van der Waals surface area contributed by atoms with E-state index >= 15 is 0 Å². The first kappa shape index (κ1) is 22.8. The van der Waals surface area contributed by atoms with Gasteiger partial charge in [-0.25, -0.2) is 0 Å². The van der Waals surface area contributed by atoms with Crippen LogP contribution in [-0.2, 0) is 4.74 Å². The van der Waals surface area contributed by atoms with Gasteiger partial charge in [-0.2, -0.15) is 8.78 Å². The van der Waals surface area contributed by atoms with Gasteiger partial charge in [0.1, 0.15) is 18.1 Å². The van der Waals surface area contributed by atoms with E-state index in [-0.39, 0.29) is 30.1 Å². The average Bonchev–Trinajstić information content (AvgIpc) is 3.17. The average molecular weight is 436 g/mol. The molecule has 1 aliphatic rings. The molecule has 1 aliphatic heterocycles. The Morgan fingerprint density at radius 2 is 1.94 bits per heavy atom. The highest BCUT2D eigenvalue weighted by Crippen LogP contribution is 2.34. The third kappa shape index (κ3) is 6.05. The van der Waals surface area contributed by atoms with Crippen LogP contribution in [0.15, 0.2) is 42.5 Å². The molecule has 2 aromatic carbocycles. The number of hydrogen-bond acceptors (Lipinski definition) is 6. The van der Waals surface area contributed by atoms with Gasteiger partial charge in [0.15, 0.2) is 11.5 Å². The smallest absolute Gasteiger partial charge is 0.387 e. The normalized spacial score (nSPS) is 18.3. The van der Waals surface area contributed by atoms with E-state index in [0.29, 0.717) is 23.5 Å². The van der Waals surface area contributed by atoms with Crippen molar-refractivity contribution in [1.82, 2.24) is 10.6 Å². The van der Waals surface area contributed by atoms with E-state index in [4.69, 9.17) is 14.2 Å². The van der Waals surface area contributed by atoms with Crippen molar-refractivity contribution >= 4 is 5.91 Å². The number of para-hydroxylation sites is 1. The number of ether oxygens (including phenoxy) is 4. The summed E-state index contributed by atoms with van der Waals surface area (Å²) >= 11 is 0. The van der Waals surface area contributed by atoms with Gasteiger partial charge in [0.25, 0.3) is 5.91 Å². The van der Waals surface area contributed by atoms with Crippen molar-refractivity contribution in [2.45, 2.75) is 45.9 Å². The van der Waals surface area contributed by atoms with Gasteiger partial charge in [0.2, 0.25) is 0 Å². The van der Waals surface area contributed by atoms with E-state index in [2.05, 4.69) is 15.4 Å². The number of carbonyl (C=O) groups excluding carboxylic acids is 1. The van der Waals surface area contributed by atoms with Crippen molar-refractivity contribution in [3.8, 4) is 17.2 Å². The Kier molecular flexibility index (Phi) is 7.64. The highest BCUT2D eigenvalue weighted by atomic mass is 19.3. The summed E-state index contributed by atoms with van der Waals surface area (Å²) in [6, 6.07) is 11.6. The molecular formula is C22H26F2N2O5. The summed E-state index contributed by atoms with van der Waals surface area (Å²) < 4.78 is 46.7. The number of alkyl halides is 2. The molecule has 0 aromatic heterocycles. The number of carbonyl (C=O) groups is 1. The number of hydrogen-bond donors (Lipinski definition) is 2. The number of rotatable bonds is 9. The van der Waals surface area contributed by atoms with E-state index in [9.17, 15) is 13.6 Å². The third-order valence-electron chi connectivity index (χ3n) is 4.37. The fraction of sp³-hybridized carbons (Fsp3) is 0.409. The monoisotopic (exact) mass is 436 g/mol. The predicted octanol–water partition coefficient (Wildman–Crippen LogP) is 3.85. The summed E-state index contributed by atoms with van der Waals surface area (Å²) in [5, 5.41) is 6.03. The molecule has 2 unspecified atom stereocenters. The van der Waals surface area contributed by atoms with Gasteiger partial charge in [0, 0.05) is 0 Å². The molecule has 3 rings (SSSR count). The predicted molar refractivity (Wildman–Crippen MR) is 110 cm³/mol. The molecule has 2 aromatic rings. The SMILES string of the molecule is CCOc1ccccc1C(=O)NC1COC(c2ccc(OC(F)F)c(OC(C)C)c2)N1. The van der Waals surface area contributed by atoms with Crippen molar-refractivity contribution in [2.75, 3.05) is 13.2 Å². The zero-order valence-corrected chi connectivity index (χ0v) is 17.6. The lowest BCUT2D eigenvalue weighted by atomic mass is 10.1. The molecular weight excluding hydrogens is 410 g/mol. The van der Waals surface area contributed by atoms with E-state index in [1.165, 1.54) is 6.07 Å². The van der Waals surface area contributed by atoms with E-state index in [0.717, 1.165) is 0 Å². The van der Waals surface area contributed by atoms with Crippen LogP contribution in [0, 0.1) is 0 Å². The molecule has 0 aliphatic carbocycles. The van der Waals surface area contributed by atoms with Gasteiger partial charge in [0.05, 0.1) is 24.9 Å². The quantitative estimate of drug-likeness (QED) is 0.622. The second-order valence-corrected chi connectivity index (χ2v) is 7.09. The van der Waals surface area contributed by atoms with Crippen LogP contribution in [0.5, 0.6) is 17.2 Å². The van der Waals surface area contributed by atoms with Gasteiger partial charge < -0.3 is 24.3 Å². The first-order valence-corrected chi connectivity index (χ1v) is 10.0. The van der Waals surface area contributed by atoms with Crippen molar-refractivity contribution in [2.24, 2.45) is 0 Å². The summed E-state index contributed by atoms with van der Waals surface area (Å²) in [5.41, 5.74) is 1.08. The maximum absolute atomic E-state index is 12.7. The van der Waals surface area contributed by atoms with Crippen LogP contribution in [0.2, 0.25) is 0 Å². The number of nitrogens with one attached hydrogen (secondary N) is 2. The molecule has 0 saturated carbocycles. The highest BCUT2D eigenvalue weighted by molar-refractivity contribution is 5.97. The van der Waals surface area contributed by atoms with Crippen LogP contribution < -0.4 is 24.8 Å². The minimum atomic E-state index is -2.96. The summed E-state index contributed by atoms with van der Waals surface area (Å²) in [4.78, 5) is 12.7. The van der Waals surface area contributed by atoms with Crippen LogP contribution >= 0.6 is 0 Å². The second kappa shape index (κ2) is 10.4. The largest absolute Gasteiger partial charge is 0.493 e. The van der Waals surface area contributed by atoms with Gasteiger partial charge in [-0.05, 0) is 50.6 Å². The molecule has 1 saturated heterocycles. The Labute approximate surface area is 179 Å². The van der Waals surface area contributed by atoms with Crippen molar-refractivity contribution in [1.29, 1.82) is 0 Å². The second-order valence-electron chi connectivity index (χ2n) is 7.09. The third-order valence-corrected chi connectivity index (χ3v) is 4.37. The molecule has 1 amide bonds.